The summed E-state index contributed by atoms with van der Waals surface area (Å²) in [6.45, 7) is 14.6. The fourth-order valence-corrected chi connectivity index (χ4v) is 2.29. The maximum atomic E-state index is 5.07. The van der Waals surface area contributed by atoms with Crippen molar-refractivity contribution in [2.24, 2.45) is 17.3 Å². The van der Waals surface area contributed by atoms with E-state index >= 15 is 0 Å². The van der Waals surface area contributed by atoms with Crippen LogP contribution in [0.3, 0.4) is 0 Å². The van der Waals surface area contributed by atoms with E-state index in [9.17, 15) is 0 Å². The average molecular weight is 243 g/mol. The molecule has 0 aromatic heterocycles. The zero-order chi connectivity index (χ0) is 13.3. The highest BCUT2D eigenvalue weighted by atomic mass is 16.5. The molecule has 0 saturated carbocycles. The Bertz CT molecular complexity index is 174. The molecule has 0 fully saturated rings. The van der Waals surface area contributed by atoms with Gasteiger partial charge >= 0.3 is 0 Å². The molecule has 2 nitrogen and oxygen atoms in total. The summed E-state index contributed by atoms with van der Waals surface area (Å²) in [5.74, 6) is 1.59. The second-order valence-electron chi connectivity index (χ2n) is 6.39. The highest BCUT2D eigenvalue weighted by Crippen LogP contribution is 2.31. The van der Waals surface area contributed by atoms with Gasteiger partial charge in [-0.3, -0.25) is 0 Å². The number of hydrogen-bond acceptors (Lipinski definition) is 2. The third-order valence-electron chi connectivity index (χ3n) is 3.57. The zero-order valence-electron chi connectivity index (χ0n) is 12.8. The molecule has 17 heavy (non-hydrogen) atoms. The summed E-state index contributed by atoms with van der Waals surface area (Å²) in [5, 5.41) is 3.52. The lowest BCUT2D eigenvalue weighted by atomic mass is 9.75. The van der Waals surface area contributed by atoms with Crippen molar-refractivity contribution in [2.45, 2.75) is 53.9 Å². The van der Waals surface area contributed by atoms with E-state index in [1.165, 1.54) is 19.3 Å². The summed E-state index contributed by atoms with van der Waals surface area (Å²) in [6.07, 6.45) is 3.98. The molecule has 0 aromatic rings. The Morgan fingerprint density at radius 3 is 2.35 bits per heavy atom. The van der Waals surface area contributed by atoms with Gasteiger partial charge in [0.15, 0.2) is 0 Å². The third kappa shape index (κ3) is 8.62. The minimum Gasteiger partial charge on any atom is -0.383 e. The van der Waals surface area contributed by atoms with Gasteiger partial charge in [0.25, 0.3) is 0 Å². The number of ether oxygens (including phenoxy) is 1. The molecule has 2 heteroatoms. The van der Waals surface area contributed by atoms with Crippen molar-refractivity contribution >= 4 is 0 Å². The Kier molecular flexibility index (Phi) is 8.89. The van der Waals surface area contributed by atoms with E-state index in [0.717, 1.165) is 31.5 Å². The van der Waals surface area contributed by atoms with Gasteiger partial charge < -0.3 is 10.1 Å². The van der Waals surface area contributed by atoms with E-state index in [1.807, 2.05) is 0 Å². The van der Waals surface area contributed by atoms with Gasteiger partial charge in [0.1, 0.15) is 0 Å². The summed E-state index contributed by atoms with van der Waals surface area (Å²) in [4.78, 5) is 0. The minimum atomic E-state index is 0.391. The molecule has 0 saturated heterocycles. The molecule has 0 radical (unpaired) electrons. The van der Waals surface area contributed by atoms with E-state index in [-0.39, 0.29) is 0 Å². The first-order valence-corrected chi connectivity index (χ1v) is 7.11. The number of methoxy groups -OCH3 is 1. The molecule has 0 amide bonds. The first-order valence-electron chi connectivity index (χ1n) is 7.11. The molecule has 104 valence electrons. The van der Waals surface area contributed by atoms with Gasteiger partial charge in [-0.2, -0.15) is 0 Å². The average Bonchev–Trinajstić information content (AvgIpc) is 2.21. The van der Waals surface area contributed by atoms with Crippen molar-refractivity contribution in [2.75, 3.05) is 26.8 Å². The van der Waals surface area contributed by atoms with Crippen LogP contribution in [0.15, 0.2) is 0 Å². The van der Waals surface area contributed by atoms with Gasteiger partial charge in [0.05, 0.1) is 6.61 Å². The molecule has 1 N–H and O–H groups in total. The molecular formula is C15H33NO. The molecule has 0 aliphatic rings. The molecule has 0 aliphatic carbocycles. The van der Waals surface area contributed by atoms with Crippen LogP contribution in [0.25, 0.3) is 0 Å². The Balaban J connectivity index is 4.06. The lowest BCUT2D eigenvalue weighted by molar-refractivity contribution is 0.171. The van der Waals surface area contributed by atoms with Crippen molar-refractivity contribution in [3.8, 4) is 0 Å². The lowest BCUT2D eigenvalue weighted by Crippen LogP contribution is -2.34. The Hall–Kier alpha value is -0.0800. The topological polar surface area (TPSA) is 21.3 Å². The Morgan fingerprint density at radius 2 is 1.88 bits per heavy atom. The molecule has 0 aliphatic heterocycles. The standard InChI is InChI=1S/C15H33NO/c1-7-8-13(2)11-14(15(3,4)5)12-16-9-10-17-6/h13-14,16H,7-12H2,1-6H3. The van der Waals surface area contributed by atoms with Crippen LogP contribution in [-0.2, 0) is 4.74 Å². The van der Waals surface area contributed by atoms with Crippen LogP contribution in [-0.4, -0.2) is 26.8 Å². The Labute approximate surface area is 109 Å². The second-order valence-corrected chi connectivity index (χ2v) is 6.39. The van der Waals surface area contributed by atoms with E-state index in [2.05, 4.69) is 39.9 Å². The number of hydrogen-bond donors (Lipinski definition) is 1. The molecule has 2 atom stereocenters. The van der Waals surface area contributed by atoms with Crippen molar-refractivity contribution in [1.82, 2.24) is 5.32 Å². The predicted molar refractivity (Wildman–Crippen MR) is 76.4 cm³/mol. The summed E-state index contributed by atoms with van der Waals surface area (Å²) in [7, 11) is 1.76. The van der Waals surface area contributed by atoms with E-state index in [1.54, 1.807) is 7.11 Å². The van der Waals surface area contributed by atoms with Crippen molar-refractivity contribution in [3.63, 3.8) is 0 Å². The quantitative estimate of drug-likeness (QED) is 0.623. The SMILES string of the molecule is CCCC(C)CC(CNCCOC)C(C)(C)C. The minimum absolute atomic E-state index is 0.391. The molecule has 0 rings (SSSR count). The van der Waals surface area contributed by atoms with Crippen LogP contribution < -0.4 is 5.32 Å². The van der Waals surface area contributed by atoms with E-state index in [4.69, 9.17) is 4.74 Å². The molecule has 0 aromatic carbocycles. The van der Waals surface area contributed by atoms with Crippen LogP contribution in [0, 0.1) is 17.3 Å². The van der Waals surface area contributed by atoms with Crippen LogP contribution >= 0.6 is 0 Å². The van der Waals surface area contributed by atoms with Crippen LogP contribution in [0.1, 0.15) is 53.9 Å². The van der Waals surface area contributed by atoms with Gasteiger partial charge in [0.2, 0.25) is 0 Å². The number of rotatable bonds is 9. The Morgan fingerprint density at radius 1 is 1.24 bits per heavy atom. The molecule has 2 unspecified atom stereocenters. The lowest BCUT2D eigenvalue weighted by Gasteiger charge is -2.33. The maximum absolute atomic E-state index is 5.07. The summed E-state index contributed by atoms with van der Waals surface area (Å²) >= 11 is 0. The summed E-state index contributed by atoms with van der Waals surface area (Å²) in [6, 6.07) is 0. The van der Waals surface area contributed by atoms with Gasteiger partial charge in [0, 0.05) is 13.7 Å². The second kappa shape index (κ2) is 8.93. The molecule has 0 bridgehead atoms. The predicted octanol–water partition coefficient (Wildman–Crippen LogP) is 3.71. The first kappa shape index (κ1) is 16.9. The van der Waals surface area contributed by atoms with Gasteiger partial charge in [-0.05, 0) is 30.2 Å². The fourth-order valence-electron chi connectivity index (χ4n) is 2.29. The summed E-state index contributed by atoms with van der Waals surface area (Å²) < 4.78 is 5.07. The highest BCUT2D eigenvalue weighted by Gasteiger charge is 2.25. The molecule has 0 heterocycles. The van der Waals surface area contributed by atoms with Crippen LogP contribution in [0.4, 0.5) is 0 Å². The first-order chi connectivity index (χ1) is 7.91. The highest BCUT2D eigenvalue weighted by molar-refractivity contribution is 4.77. The molecule has 0 spiro atoms. The van der Waals surface area contributed by atoms with Gasteiger partial charge in [-0.15, -0.1) is 0 Å². The van der Waals surface area contributed by atoms with Gasteiger partial charge in [-0.1, -0.05) is 47.5 Å². The molecular weight excluding hydrogens is 210 g/mol. The van der Waals surface area contributed by atoms with Crippen LogP contribution in [0.2, 0.25) is 0 Å². The van der Waals surface area contributed by atoms with Gasteiger partial charge in [-0.25, -0.2) is 0 Å². The van der Waals surface area contributed by atoms with E-state index < -0.39 is 0 Å². The zero-order valence-corrected chi connectivity index (χ0v) is 12.8. The van der Waals surface area contributed by atoms with Crippen molar-refractivity contribution in [3.05, 3.63) is 0 Å². The van der Waals surface area contributed by atoms with Crippen molar-refractivity contribution in [1.29, 1.82) is 0 Å². The van der Waals surface area contributed by atoms with E-state index in [0.29, 0.717) is 5.41 Å². The normalized spacial score (nSPS) is 15.9. The number of nitrogens with one attached hydrogen (secondary N) is 1. The van der Waals surface area contributed by atoms with Crippen molar-refractivity contribution < 1.29 is 4.74 Å². The van der Waals surface area contributed by atoms with Crippen LogP contribution in [0.5, 0.6) is 0 Å². The maximum Gasteiger partial charge on any atom is 0.0587 e. The summed E-state index contributed by atoms with van der Waals surface area (Å²) in [5.41, 5.74) is 0.391. The fraction of sp³-hybridized carbons (Fsp3) is 1.00. The smallest absolute Gasteiger partial charge is 0.0587 e. The third-order valence-corrected chi connectivity index (χ3v) is 3.57. The largest absolute Gasteiger partial charge is 0.383 e. The monoisotopic (exact) mass is 243 g/mol.